The predicted molar refractivity (Wildman–Crippen MR) is 138 cm³/mol. The molecule has 0 radical (unpaired) electrons. The molecular formula is C30H50O5. The van der Waals surface area contributed by atoms with Crippen LogP contribution >= 0.6 is 0 Å². The van der Waals surface area contributed by atoms with E-state index in [1.54, 1.807) is 0 Å². The number of carbonyl (C=O) groups excluding carboxylic acids is 3. The molecule has 2 atom stereocenters. The highest BCUT2D eigenvalue weighted by molar-refractivity contribution is 5.81. The van der Waals surface area contributed by atoms with Gasteiger partial charge in [0.15, 0.2) is 0 Å². The molecule has 5 nitrogen and oxygen atoms in total. The van der Waals surface area contributed by atoms with E-state index in [2.05, 4.69) is 13.8 Å². The van der Waals surface area contributed by atoms with Crippen LogP contribution in [0.1, 0.15) is 120 Å². The van der Waals surface area contributed by atoms with Crippen molar-refractivity contribution in [3.63, 3.8) is 0 Å². The molecular weight excluding hydrogens is 440 g/mol. The second kappa shape index (κ2) is 9.82. The van der Waals surface area contributed by atoms with Gasteiger partial charge in [0.2, 0.25) is 0 Å². The van der Waals surface area contributed by atoms with Crippen molar-refractivity contribution in [3.05, 3.63) is 0 Å². The quantitative estimate of drug-likeness (QED) is 0.295. The number of esters is 2. The van der Waals surface area contributed by atoms with Crippen molar-refractivity contribution in [1.29, 1.82) is 0 Å². The molecule has 0 aromatic heterocycles. The van der Waals surface area contributed by atoms with Crippen LogP contribution in [0.5, 0.6) is 0 Å². The van der Waals surface area contributed by atoms with Gasteiger partial charge in [0.25, 0.3) is 0 Å². The summed E-state index contributed by atoms with van der Waals surface area (Å²) in [7, 11) is 0. The average Bonchev–Trinajstić information content (AvgIpc) is 2.70. The van der Waals surface area contributed by atoms with E-state index >= 15 is 0 Å². The van der Waals surface area contributed by atoms with Crippen molar-refractivity contribution in [2.75, 3.05) is 0 Å². The lowest BCUT2D eigenvalue weighted by molar-refractivity contribution is -0.208. The minimum absolute atomic E-state index is 0.00295. The second-order valence-electron chi connectivity index (χ2n) is 14.2. The Kier molecular flexibility index (Phi) is 7.91. The Hall–Kier alpha value is -1.39. The molecule has 4 saturated carbocycles. The maximum atomic E-state index is 13.8. The van der Waals surface area contributed by atoms with Crippen LogP contribution in [0.25, 0.3) is 0 Å². The van der Waals surface area contributed by atoms with Crippen LogP contribution in [0.2, 0.25) is 0 Å². The summed E-state index contributed by atoms with van der Waals surface area (Å²) >= 11 is 0. The number of Topliss-reactive ketones (excluding diaryl/α,β-unsaturated/α-hetero) is 1. The van der Waals surface area contributed by atoms with Gasteiger partial charge in [-0.2, -0.15) is 0 Å². The van der Waals surface area contributed by atoms with Crippen LogP contribution in [0, 0.1) is 39.9 Å². The van der Waals surface area contributed by atoms with Gasteiger partial charge in [-0.25, -0.2) is 0 Å². The Labute approximate surface area is 213 Å². The molecule has 4 fully saturated rings. The first-order valence-electron chi connectivity index (χ1n) is 14.0. The maximum absolute atomic E-state index is 13.8. The maximum Gasteiger partial charge on any atom is 0.312 e. The van der Waals surface area contributed by atoms with E-state index in [0.717, 1.165) is 17.8 Å². The molecule has 35 heavy (non-hydrogen) atoms. The lowest BCUT2D eigenvalue weighted by atomic mass is 9.46. The summed E-state index contributed by atoms with van der Waals surface area (Å²) in [4.78, 5) is 38.6. The van der Waals surface area contributed by atoms with Crippen molar-refractivity contribution in [2.45, 2.75) is 132 Å². The average molecular weight is 491 g/mol. The van der Waals surface area contributed by atoms with Gasteiger partial charge >= 0.3 is 11.9 Å². The molecule has 0 spiro atoms. The highest BCUT2D eigenvalue weighted by Crippen LogP contribution is 2.64. The summed E-state index contributed by atoms with van der Waals surface area (Å²) in [5.41, 5.74) is -2.11. The van der Waals surface area contributed by atoms with Crippen molar-refractivity contribution in [2.24, 2.45) is 39.9 Å². The zero-order valence-electron chi connectivity index (χ0n) is 23.8. The molecule has 0 aromatic carbocycles. The Balaban J connectivity index is 1.71. The topological polar surface area (TPSA) is 69.7 Å². The summed E-state index contributed by atoms with van der Waals surface area (Å²) in [5, 5.41) is 0. The van der Waals surface area contributed by atoms with E-state index in [1.807, 2.05) is 41.5 Å². The first-order valence-corrected chi connectivity index (χ1v) is 14.0. The zero-order valence-corrected chi connectivity index (χ0v) is 23.8. The molecule has 4 rings (SSSR count). The van der Waals surface area contributed by atoms with Gasteiger partial charge in [-0.15, -0.1) is 0 Å². The fourth-order valence-electron chi connectivity index (χ4n) is 7.69. The highest BCUT2D eigenvalue weighted by Gasteiger charge is 2.59. The summed E-state index contributed by atoms with van der Waals surface area (Å²) < 4.78 is 12.3. The monoisotopic (exact) mass is 490 g/mol. The molecule has 4 aliphatic rings. The minimum atomic E-state index is -0.876. The predicted octanol–water partition coefficient (Wildman–Crippen LogP) is 6.90. The summed E-state index contributed by atoms with van der Waals surface area (Å²) in [6.45, 7) is 17.3. The van der Waals surface area contributed by atoms with Crippen LogP contribution < -0.4 is 0 Å². The smallest absolute Gasteiger partial charge is 0.312 e. The van der Waals surface area contributed by atoms with E-state index < -0.39 is 22.5 Å². The first-order chi connectivity index (χ1) is 16.0. The number of rotatable bonds is 11. The van der Waals surface area contributed by atoms with Crippen LogP contribution in [0.15, 0.2) is 0 Å². The largest absolute Gasteiger partial charge is 0.461 e. The molecule has 0 N–H and O–H groups in total. The van der Waals surface area contributed by atoms with Crippen molar-refractivity contribution >= 4 is 17.7 Å². The molecule has 0 saturated heterocycles. The third-order valence-electron chi connectivity index (χ3n) is 9.81. The molecule has 4 bridgehead atoms. The van der Waals surface area contributed by atoms with E-state index in [1.165, 1.54) is 45.4 Å². The molecule has 200 valence electrons. The van der Waals surface area contributed by atoms with Gasteiger partial charge in [-0.05, 0) is 117 Å². The Morgan fingerprint density at radius 2 is 1.37 bits per heavy atom. The normalized spacial score (nSPS) is 30.6. The Morgan fingerprint density at radius 3 is 1.77 bits per heavy atom. The summed E-state index contributed by atoms with van der Waals surface area (Å²) in [5.74, 6) is 1.85. The number of carbonyl (C=O) groups is 3. The Bertz CT molecular complexity index is 787. The van der Waals surface area contributed by atoms with E-state index in [9.17, 15) is 14.4 Å². The number of ketones is 1. The summed E-state index contributed by atoms with van der Waals surface area (Å²) in [6.07, 6.45) is 8.27. The lowest BCUT2D eigenvalue weighted by Crippen LogP contribution is -2.58. The van der Waals surface area contributed by atoms with Crippen molar-refractivity contribution < 1.29 is 23.9 Å². The number of hydrogen-bond acceptors (Lipinski definition) is 5. The first kappa shape index (κ1) is 28.2. The van der Waals surface area contributed by atoms with Crippen LogP contribution in [0.4, 0.5) is 0 Å². The number of hydrogen-bond donors (Lipinski definition) is 0. The fourth-order valence-corrected chi connectivity index (χ4v) is 7.69. The standard InChI is InChI=1S/C30H50O5/c1-10-29(9,18-27(5,6)25(32)34-24(19(2)3)11-20(4)31)26(33)35-28(7,8)30-15-21-12-22(16-30)14-23(13-21)17-30/h19,21-24H,10-18H2,1-9H3. The highest BCUT2D eigenvalue weighted by atomic mass is 16.6. The van der Waals surface area contributed by atoms with Gasteiger partial charge in [0, 0.05) is 11.8 Å². The van der Waals surface area contributed by atoms with Gasteiger partial charge in [-0.1, -0.05) is 20.8 Å². The molecule has 2 unspecified atom stereocenters. The van der Waals surface area contributed by atoms with E-state index in [-0.39, 0.29) is 35.5 Å². The summed E-state index contributed by atoms with van der Waals surface area (Å²) in [6, 6.07) is 0. The van der Waals surface area contributed by atoms with E-state index in [0.29, 0.717) is 12.8 Å². The zero-order chi connectivity index (χ0) is 26.4. The lowest BCUT2D eigenvalue weighted by Gasteiger charge is -2.61. The fraction of sp³-hybridized carbons (Fsp3) is 0.900. The molecule has 4 aliphatic carbocycles. The third-order valence-corrected chi connectivity index (χ3v) is 9.81. The van der Waals surface area contributed by atoms with Gasteiger partial charge < -0.3 is 9.47 Å². The van der Waals surface area contributed by atoms with Crippen LogP contribution in [-0.2, 0) is 23.9 Å². The van der Waals surface area contributed by atoms with Crippen LogP contribution in [-0.4, -0.2) is 29.4 Å². The molecule has 0 heterocycles. The third kappa shape index (κ3) is 5.80. The van der Waals surface area contributed by atoms with Gasteiger partial charge in [0.1, 0.15) is 17.5 Å². The molecule has 0 amide bonds. The Morgan fingerprint density at radius 1 is 0.886 bits per heavy atom. The molecule has 0 aliphatic heterocycles. The molecule has 5 heteroatoms. The molecule has 0 aromatic rings. The minimum Gasteiger partial charge on any atom is -0.461 e. The van der Waals surface area contributed by atoms with Gasteiger partial charge in [-0.3, -0.25) is 14.4 Å². The van der Waals surface area contributed by atoms with Crippen molar-refractivity contribution in [3.8, 4) is 0 Å². The van der Waals surface area contributed by atoms with Gasteiger partial charge in [0.05, 0.1) is 10.8 Å². The van der Waals surface area contributed by atoms with Crippen molar-refractivity contribution in [1.82, 2.24) is 0 Å². The second-order valence-corrected chi connectivity index (χ2v) is 14.2. The SMILES string of the molecule is CCC(C)(CC(C)(C)C(=O)OC(CC(C)=O)C(C)C)C(=O)OC(C)(C)C12CC3CC(CC(C3)C1)C2. The number of ether oxygens (including phenoxy) is 2. The van der Waals surface area contributed by atoms with E-state index in [4.69, 9.17) is 9.47 Å². The van der Waals surface area contributed by atoms with Crippen LogP contribution in [0.3, 0.4) is 0 Å².